The molecule has 2 unspecified atom stereocenters. The Morgan fingerprint density at radius 2 is 2.03 bits per heavy atom. The van der Waals surface area contributed by atoms with Crippen molar-refractivity contribution < 1.29 is 19.1 Å². The minimum absolute atomic E-state index is 0.218. The summed E-state index contributed by atoms with van der Waals surface area (Å²) in [5.41, 5.74) is 0.941. The molecule has 160 valence electrons. The first-order valence-electron chi connectivity index (χ1n) is 9.25. The summed E-state index contributed by atoms with van der Waals surface area (Å²) in [6.45, 7) is -0.218. The molecular weight excluding hydrogens is 442 g/mol. The third kappa shape index (κ3) is 3.96. The highest BCUT2D eigenvalue weighted by molar-refractivity contribution is 7.98. The van der Waals surface area contributed by atoms with Crippen molar-refractivity contribution in [2.45, 2.75) is 17.0 Å². The molecule has 0 bridgehead atoms. The third-order valence-corrected chi connectivity index (χ3v) is 5.93. The summed E-state index contributed by atoms with van der Waals surface area (Å²) in [5.74, 6) is -0.980. The summed E-state index contributed by atoms with van der Waals surface area (Å²) in [7, 11) is 1.47. The Morgan fingerprint density at radius 1 is 1.23 bits per heavy atom. The molecule has 4 rings (SSSR count). The molecule has 2 aliphatic heterocycles. The zero-order valence-electron chi connectivity index (χ0n) is 16.6. The molecule has 2 aromatic carbocycles. The number of benzene rings is 2. The molecule has 9 nitrogen and oxygen atoms in total. The van der Waals surface area contributed by atoms with Gasteiger partial charge in [-0.3, -0.25) is 19.4 Å². The van der Waals surface area contributed by atoms with Crippen molar-refractivity contribution in [3.05, 3.63) is 47.5 Å². The quantitative estimate of drug-likeness (QED) is 0.526. The lowest BCUT2D eigenvalue weighted by molar-refractivity contribution is -0.123. The molecule has 2 aromatic rings. The molecule has 0 saturated carbocycles. The summed E-state index contributed by atoms with van der Waals surface area (Å²) in [6, 6.07) is 10.0. The SMILES string of the molecule is COc1ccc(N2C(=O)C3N=NN(CC(=O)Nc4cccc(SC)c4)C3C2=O)cc1Cl. The molecule has 2 heterocycles. The summed E-state index contributed by atoms with van der Waals surface area (Å²) < 4.78 is 5.11. The largest absolute Gasteiger partial charge is 0.495 e. The topological polar surface area (TPSA) is 104 Å². The van der Waals surface area contributed by atoms with Crippen molar-refractivity contribution in [1.82, 2.24) is 5.01 Å². The lowest BCUT2D eigenvalue weighted by Crippen LogP contribution is -2.43. The fourth-order valence-electron chi connectivity index (χ4n) is 3.45. The van der Waals surface area contributed by atoms with Crippen LogP contribution >= 0.6 is 23.4 Å². The van der Waals surface area contributed by atoms with E-state index in [1.807, 2.05) is 24.5 Å². The highest BCUT2D eigenvalue weighted by Crippen LogP contribution is 2.35. The molecule has 0 radical (unpaired) electrons. The Labute approximate surface area is 187 Å². The average Bonchev–Trinajstić information content (AvgIpc) is 3.27. The second kappa shape index (κ2) is 8.56. The van der Waals surface area contributed by atoms with E-state index in [0.717, 1.165) is 9.80 Å². The standard InChI is InChI=1S/C20H18ClN5O4S/c1-30-15-7-6-12(9-14(15)21)26-19(28)17-18(20(26)29)25(24-23-17)10-16(27)22-11-4-3-5-13(8-11)31-2/h3-9,17-18H,10H2,1-2H3,(H,22,27). The van der Waals surface area contributed by atoms with Crippen LogP contribution in [0.2, 0.25) is 5.02 Å². The normalized spacial score (nSPS) is 19.7. The van der Waals surface area contributed by atoms with Crippen LogP contribution in [0.25, 0.3) is 0 Å². The zero-order valence-corrected chi connectivity index (χ0v) is 18.2. The zero-order chi connectivity index (χ0) is 22.1. The number of ether oxygens (including phenoxy) is 1. The average molecular weight is 460 g/mol. The molecule has 31 heavy (non-hydrogen) atoms. The van der Waals surface area contributed by atoms with Crippen LogP contribution in [-0.4, -0.2) is 54.7 Å². The van der Waals surface area contributed by atoms with Gasteiger partial charge in [0.2, 0.25) is 5.91 Å². The lowest BCUT2D eigenvalue weighted by Gasteiger charge is -2.20. The fourth-order valence-corrected chi connectivity index (χ4v) is 4.16. The van der Waals surface area contributed by atoms with Crippen molar-refractivity contribution in [3.63, 3.8) is 0 Å². The van der Waals surface area contributed by atoms with E-state index < -0.39 is 23.9 Å². The number of methoxy groups -OCH3 is 1. The molecule has 0 aliphatic carbocycles. The number of nitrogens with zero attached hydrogens (tertiary/aromatic N) is 4. The smallest absolute Gasteiger partial charge is 0.263 e. The van der Waals surface area contributed by atoms with Crippen LogP contribution in [0, 0.1) is 0 Å². The lowest BCUT2D eigenvalue weighted by atomic mass is 10.1. The number of carbonyl (C=O) groups excluding carboxylic acids is 3. The van der Waals surface area contributed by atoms with Gasteiger partial charge in [0.05, 0.1) is 17.8 Å². The molecular formula is C20H18ClN5O4S. The van der Waals surface area contributed by atoms with E-state index in [9.17, 15) is 14.4 Å². The first kappa shape index (κ1) is 21.1. The minimum atomic E-state index is -0.999. The first-order chi connectivity index (χ1) is 14.9. The third-order valence-electron chi connectivity index (χ3n) is 4.91. The van der Waals surface area contributed by atoms with Gasteiger partial charge in [0.1, 0.15) is 12.3 Å². The number of amides is 3. The maximum absolute atomic E-state index is 13.0. The second-order valence-electron chi connectivity index (χ2n) is 6.80. The number of anilines is 2. The number of thioether (sulfide) groups is 1. The highest BCUT2D eigenvalue weighted by atomic mass is 35.5. The van der Waals surface area contributed by atoms with Gasteiger partial charge in [-0.15, -0.1) is 11.8 Å². The van der Waals surface area contributed by atoms with Crippen molar-refractivity contribution in [2.24, 2.45) is 10.3 Å². The van der Waals surface area contributed by atoms with E-state index in [4.69, 9.17) is 16.3 Å². The molecule has 2 aliphatic rings. The van der Waals surface area contributed by atoms with Gasteiger partial charge in [-0.2, -0.15) is 5.11 Å². The van der Waals surface area contributed by atoms with Gasteiger partial charge in [0.15, 0.2) is 12.1 Å². The van der Waals surface area contributed by atoms with Crippen molar-refractivity contribution >= 4 is 52.5 Å². The number of hydrogen-bond donors (Lipinski definition) is 1. The monoisotopic (exact) mass is 459 g/mol. The molecule has 1 fully saturated rings. The highest BCUT2D eigenvalue weighted by Gasteiger charge is 2.55. The molecule has 3 amide bonds. The Hall–Kier alpha value is -3.11. The maximum atomic E-state index is 13.0. The van der Waals surface area contributed by atoms with E-state index in [1.165, 1.54) is 18.2 Å². The van der Waals surface area contributed by atoms with Crippen molar-refractivity contribution in [1.29, 1.82) is 0 Å². The van der Waals surface area contributed by atoms with E-state index in [0.29, 0.717) is 17.1 Å². The van der Waals surface area contributed by atoms with Crippen molar-refractivity contribution in [2.75, 3.05) is 30.1 Å². The molecule has 0 spiro atoms. The Balaban J connectivity index is 1.49. The van der Waals surface area contributed by atoms with E-state index >= 15 is 0 Å². The van der Waals surface area contributed by atoms with Gasteiger partial charge in [0, 0.05) is 10.6 Å². The van der Waals surface area contributed by atoms with E-state index in [1.54, 1.807) is 30.0 Å². The summed E-state index contributed by atoms with van der Waals surface area (Å²) in [4.78, 5) is 40.4. The predicted octanol–water partition coefficient (Wildman–Crippen LogP) is 3.00. The number of halogens is 1. The molecule has 2 atom stereocenters. The van der Waals surface area contributed by atoms with Crippen LogP contribution in [0.3, 0.4) is 0 Å². The Kier molecular flexibility index (Phi) is 5.84. The fraction of sp³-hybridized carbons (Fsp3) is 0.250. The predicted molar refractivity (Wildman–Crippen MR) is 116 cm³/mol. The van der Waals surface area contributed by atoms with Crippen molar-refractivity contribution in [3.8, 4) is 5.75 Å². The Morgan fingerprint density at radius 3 is 2.74 bits per heavy atom. The van der Waals surface area contributed by atoms with Gasteiger partial charge in [-0.25, -0.2) is 4.90 Å². The summed E-state index contributed by atoms with van der Waals surface area (Å²) in [6.07, 6.45) is 1.94. The number of carbonyl (C=O) groups is 3. The van der Waals surface area contributed by atoms with Crippen LogP contribution in [0.1, 0.15) is 0 Å². The van der Waals surface area contributed by atoms with Gasteiger partial charge >= 0.3 is 0 Å². The second-order valence-corrected chi connectivity index (χ2v) is 8.09. The number of imide groups is 1. The molecule has 11 heteroatoms. The van der Waals surface area contributed by atoms with E-state index in [2.05, 4.69) is 15.7 Å². The van der Waals surface area contributed by atoms with Gasteiger partial charge < -0.3 is 10.1 Å². The number of fused-ring (bicyclic) bond motifs is 1. The van der Waals surface area contributed by atoms with Gasteiger partial charge in [-0.1, -0.05) is 22.9 Å². The first-order valence-corrected chi connectivity index (χ1v) is 10.9. The molecule has 1 N–H and O–H groups in total. The molecule has 1 saturated heterocycles. The number of rotatable bonds is 6. The summed E-state index contributed by atoms with van der Waals surface area (Å²) >= 11 is 7.70. The minimum Gasteiger partial charge on any atom is -0.495 e. The van der Waals surface area contributed by atoms with Crippen LogP contribution in [0.5, 0.6) is 5.75 Å². The number of hydrogen-bond acceptors (Lipinski definition) is 8. The van der Waals surface area contributed by atoms with Crippen LogP contribution in [0.15, 0.2) is 57.7 Å². The van der Waals surface area contributed by atoms with Crippen LogP contribution in [0.4, 0.5) is 11.4 Å². The van der Waals surface area contributed by atoms with Gasteiger partial charge in [-0.05, 0) is 42.7 Å². The number of nitrogens with one attached hydrogen (secondary N) is 1. The Bertz CT molecular complexity index is 1090. The molecule has 0 aromatic heterocycles. The van der Waals surface area contributed by atoms with Gasteiger partial charge in [0.25, 0.3) is 11.8 Å². The maximum Gasteiger partial charge on any atom is 0.263 e. The van der Waals surface area contributed by atoms with Crippen LogP contribution in [-0.2, 0) is 14.4 Å². The van der Waals surface area contributed by atoms with Crippen LogP contribution < -0.4 is 15.0 Å². The summed E-state index contributed by atoms with van der Waals surface area (Å²) in [5, 5.41) is 12.1. The van der Waals surface area contributed by atoms with E-state index in [-0.39, 0.29) is 17.5 Å².